The van der Waals surface area contributed by atoms with Crippen LogP contribution in [-0.2, 0) is 0 Å². The number of ether oxygens (including phenoxy) is 3. The maximum atomic E-state index is 12.7. The predicted octanol–water partition coefficient (Wildman–Crippen LogP) is 2.75. The molecule has 27 heavy (non-hydrogen) atoms. The Labute approximate surface area is 158 Å². The number of nitrogens with one attached hydrogen (secondary N) is 1. The maximum Gasteiger partial charge on any atom is 0.274 e. The molecule has 1 aliphatic heterocycles. The van der Waals surface area contributed by atoms with E-state index >= 15 is 0 Å². The summed E-state index contributed by atoms with van der Waals surface area (Å²) in [6.07, 6.45) is 4.93. The van der Waals surface area contributed by atoms with E-state index in [2.05, 4.69) is 20.2 Å². The summed E-state index contributed by atoms with van der Waals surface area (Å²) in [5.74, 6) is 1.84. The standard InChI is InChI=1S/C19H24N4O4/c1-25-15-9-13(10-16(26-2)18(15)27-3)22-19(24)14-11-17(21-12-20-14)23-7-5-4-6-8-23/h9-12H,4-8H2,1-3H3,(H,22,24). The minimum atomic E-state index is -0.329. The normalized spacial score (nSPS) is 13.8. The smallest absolute Gasteiger partial charge is 0.274 e. The summed E-state index contributed by atoms with van der Waals surface area (Å²) < 4.78 is 15.9. The highest BCUT2D eigenvalue weighted by Crippen LogP contribution is 2.40. The predicted molar refractivity (Wildman–Crippen MR) is 102 cm³/mol. The van der Waals surface area contributed by atoms with Crippen LogP contribution in [0, 0.1) is 0 Å². The maximum absolute atomic E-state index is 12.7. The largest absolute Gasteiger partial charge is 0.493 e. The van der Waals surface area contributed by atoms with Crippen molar-refractivity contribution < 1.29 is 19.0 Å². The number of benzene rings is 1. The second-order valence-corrected chi connectivity index (χ2v) is 6.18. The van der Waals surface area contributed by atoms with Crippen LogP contribution in [0.1, 0.15) is 29.8 Å². The van der Waals surface area contributed by atoms with E-state index < -0.39 is 0 Å². The molecular formula is C19H24N4O4. The van der Waals surface area contributed by atoms with Crippen LogP contribution in [0.15, 0.2) is 24.5 Å². The number of anilines is 2. The summed E-state index contributed by atoms with van der Waals surface area (Å²) in [7, 11) is 4.58. The first kappa shape index (κ1) is 18.8. The Bertz CT molecular complexity index is 781. The van der Waals surface area contributed by atoms with Crippen LogP contribution < -0.4 is 24.4 Å². The number of amides is 1. The third-order valence-corrected chi connectivity index (χ3v) is 4.49. The number of hydrogen-bond acceptors (Lipinski definition) is 7. The van der Waals surface area contributed by atoms with Gasteiger partial charge < -0.3 is 24.4 Å². The second kappa shape index (κ2) is 8.57. The highest BCUT2D eigenvalue weighted by atomic mass is 16.5. The van der Waals surface area contributed by atoms with Gasteiger partial charge in [-0.2, -0.15) is 0 Å². The molecule has 0 radical (unpaired) electrons. The fraction of sp³-hybridized carbons (Fsp3) is 0.421. The lowest BCUT2D eigenvalue weighted by molar-refractivity contribution is 0.102. The minimum absolute atomic E-state index is 0.305. The van der Waals surface area contributed by atoms with Crippen LogP contribution in [-0.4, -0.2) is 50.3 Å². The lowest BCUT2D eigenvalue weighted by Gasteiger charge is -2.27. The fourth-order valence-corrected chi connectivity index (χ4v) is 3.12. The van der Waals surface area contributed by atoms with Gasteiger partial charge in [-0.25, -0.2) is 9.97 Å². The van der Waals surface area contributed by atoms with Crippen LogP contribution in [0.4, 0.5) is 11.5 Å². The van der Waals surface area contributed by atoms with Gasteiger partial charge in [0, 0.05) is 37.0 Å². The second-order valence-electron chi connectivity index (χ2n) is 6.18. The zero-order valence-electron chi connectivity index (χ0n) is 15.8. The van der Waals surface area contributed by atoms with Gasteiger partial charge >= 0.3 is 0 Å². The quantitative estimate of drug-likeness (QED) is 0.834. The average Bonchev–Trinajstić information content (AvgIpc) is 2.73. The Morgan fingerprint density at radius 1 is 0.963 bits per heavy atom. The summed E-state index contributed by atoms with van der Waals surface area (Å²) in [5, 5.41) is 2.83. The molecule has 0 bridgehead atoms. The van der Waals surface area contributed by atoms with Crippen LogP contribution >= 0.6 is 0 Å². The monoisotopic (exact) mass is 372 g/mol. The Kier molecular flexibility index (Phi) is 5.95. The summed E-state index contributed by atoms with van der Waals surface area (Å²) in [6.45, 7) is 1.90. The van der Waals surface area contributed by atoms with E-state index in [0.717, 1.165) is 31.7 Å². The third kappa shape index (κ3) is 4.21. The van der Waals surface area contributed by atoms with Crippen molar-refractivity contribution in [1.29, 1.82) is 0 Å². The molecule has 1 N–H and O–H groups in total. The van der Waals surface area contributed by atoms with Gasteiger partial charge in [-0.05, 0) is 19.3 Å². The number of aromatic nitrogens is 2. The van der Waals surface area contributed by atoms with Crippen molar-refractivity contribution in [3.05, 3.63) is 30.2 Å². The Morgan fingerprint density at radius 3 is 2.22 bits per heavy atom. The summed E-state index contributed by atoms with van der Waals surface area (Å²) in [4.78, 5) is 23.3. The molecule has 2 aromatic rings. The van der Waals surface area contributed by atoms with Gasteiger partial charge in [0.1, 0.15) is 17.8 Å². The molecule has 1 aromatic carbocycles. The summed E-state index contributed by atoms with van der Waals surface area (Å²) >= 11 is 0. The van der Waals surface area contributed by atoms with E-state index in [1.807, 2.05) is 0 Å². The Hall–Kier alpha value is -3.03. The van der Waals surface area contributed by atoms with Crippen molar-refractivity contribution >= 4 is 17.4 Å². The highest BCUT2D eigenvalue weighted by Gasteiger charge is 2.18. The summed E-state index contributed by atoms with van der Waals surface area (Å²) in [6, 6.07) is 5.07. The van der Waals surface area contributed by atoms with Crippen molar-refractivity contribution in [3.8, 4) is 17.2 Å². The molecule has 1 fully saturated rings. The van der Waals surface area contributed by atoms with Gasteiger partial charge in [0.05, 0.1) is 21.3 Å². The lowest BCUT2D eigenvalue weighted by Crippen LogP contribution is -2.30. The van der Waals surface area contributed by atoms with Gasteiger partial charge in [-0.1, -0.05) is 0 Å². The van der Waals surface area contributed by atoms with Crippen molar-refractivity contribution in [2.45, 2.75) is 19.3 Å². The van der Waals surface area contributed by atoms with Crippen molar-refractivity contribution in [3.63, 3.8) is 0 Å². The number of rotatable bonds is 6. The molecule has 1 saturated heterocycles. The molecule has 0 spiro atoms. The number of hydrogen-bond donors (Lipinski definition) is 1. The first-order chi connectivity index (χ1) is 13.2. The molecule has 0 unspecified atom stereocenters. The van der Waals surface area contributed by atoms with Crippen molar-refractivity contribution in [2.24, 2.45) is 0 Å². The van der Waals surface area contributed by atoms with Crippen LogP contribution in [0.2, 0.25) is 0 Å². The molecule has 0 atom stereocenters. The van der Waals surface area contributed by atoms with E-state index in [4.69, 9.17) is 14.2 Å². The van der Waals surface area contributed by atoms with Gasteiger partial charge in [0.2, 0.25) is 5.75 Å². The first-order valence-electron chi connectivity index (χ1n) is 8.84. The molecule has 144 valence electrons. The number of nitrogens with zero attached hydrogens (tertiary/aromatic N) is 3. The number of carbonyl (C=O) groups excluding carboxylic acids is 1. The van der Waals surface area contributed by atoms with Crippen molar-refractivity contribution in [1.82, 2.24) is 9.97 Å². The molecular weight excluding hydrogens is 348 g/mol. The molecule has 0 saturated carbocycles. The van der Waals surface area contributed by atoms with Gasteiger partial charge in [-0.3, -0.25) is 4.79 Å². The van der Waals surface area contributed by atoms with Crippen molar-refractivity contribution in [2.75, 3.05) is 44.6 Å². The molecule has 8 heteroatoms. The first-order valence-corrected chi connectivity index (χ1v) is 8.84. The van der Waals surface area contributed by atoms with E-state index in [1.165, 1.54) is 34.1 Å². The molecule has 2 heterocycles. The SMILES string of the molecule is COc1cc(NC(=O)c2cc(N3CCCCC3)ncn2)cc(OC)c1OC. The molecule has 1 amide bonds. The van der Waals surface area contributed by atoms with Crippen LogP contribution in [0.3, 0.4) is 0 Å². The van der Waals surface area contributed by atoms with E-state index in [9.17, 15) is 4.79 Å². The molecule has 8 nitrogen and oxygen atoms in total. The molecule has 3 rings (SSSR count). The fourth-order valence-electron chi connectivity index (χ4n) is 3.12. The number of methoxy groups -OCH3 is 3. The third-order valence-electron chi connectivity index (χ3n) is 4.49. The van der Waals surface area contributed by atoms with E-state index in [-0.39, 0.29) is 5.91 Å². The van der Waals surface area contributed by atoms with Gasteiger partial charge in [-0.15, -0.1) is 0 Å². The topological polar surface area (TPSA) is 85.8 Å². The number of carbonyl (C=O) groups is 1. The van der Waals surface area contributed by atoms with Gasteiger partial charge in [0.15, 0.2) is 11.5 Å². The minimum Gasteiger partial charge on any atom is -0.493 e. The zero-order chi connectivity index (χ0) is 19.2. The average molecular weight is 372 g/mol. The van der Waals surface area contributed by atoms with E-state index in [0.29, 0.717) is 28.6 Å². The Balaban J connectivity index is 1.81. The molecule has 1 aromatic heterocycles. The van der Waals surface area contributed by atoms with Crippen LogP contribution in [0.5, 0.6) is 17.2 Å². The summed E-state index contributed by atoms with van der Waals surface area (Å²) in [5.41, 5.74) is 0.826. The Morgan fingerprint density at radius 2 is 1.63 bits per heavy atom. The van der Waals surface area contributed by atoms with Gasteiger partial charge in [0.25, 0.3) is 5.91 Å². The molecule has 0 aliphatic carbocycles. The van der Waals surface area contributed by atoms with Crippen LogP contribution in [0.25, 0.3) is 0 Å². The number of piperidine rings is 1. The van der Waals surface area contributed by atoms with E-state index in [1.54, 1.807) is 18.2 Å². The lowest BCUT2D eigenvalue weighted by atomic mass is 10.1. The highest BCUT2D eigenvalue weighted by molar-refractivity contribution is 6.03. The zero-order valence-corrected chi connectivity index (χ0v) is 15.8. The molecule has 1 aliphatic rings.